The fourth-order valence-electron chi connectivity index (χ4n) is 2.69. The van der Waals surface area contributed by atoms with Crippen LogP contribution in [0, 0.1) is 6.92 Å². The number of aryl methyl sites for hydroxylation is 1. The monoisotopic (exact) mass is 361 g/mol. The molecule has 0 atom stereocenters. The zero-order valence-electron chi connectivity index (χ0n) is 15.6. The van der Waals surface area contributed by atoms with Gasteiger partial charge < -0.3 is 14.6 Å². The number of phenolic OH excluding ortho intramolecular Hbond substituents is 1. The summed E-state index contributed by atoms with van der Waals surface area (Å²) in [6.45, 7) is 2.50. The standard InChI is InChI=1S/C23H23NO3/c1-17-8-10-20(21(25)14-17)24-16-19-9-11-22(23(15-19)26-2)27-13-12-18-6-4-3-5-7-18/h3-11,14-16,25H,12-13H2,1-2H3. The fraction of sp³-hybridized carbons (Fsp3) is 0.174. The van der Waals surface area contributed by atoms with Crippen LogP contribution >= 0.6 is 0 Å². The molecule has 0 saturated heterocycles. The van der Waals surface area contributed by atoms with Gasteiger partial charge in [-0.05, 0) is 53.9 Å². The van der Waals surface area contributed by atoms with Crippen molar-refractivity contribution in [3.8, 4) is 17.2 Å². The number of rotatable bonds is 7. The third kappa shape index (κ3) is 5.11. The summed E-state index contributed by atoms with van der Waals surface area (Å²) >= 11 is 0. The molecule has 3 rings (SSSR count). The molecule has 138 valence electrons. The van der Waals surface area contributed by atoms with Crippen molar-refractivity contribution in [1.29, 1.82) is 0 Å². The lowest BCUT2D eigenvalue weighted by atomic mass is 10.2. The second-order valence-corrected chi connectivity index (χ2v) is 6.24. The van der Waals surface area contributed by atoms with E-state index in [0.29, 0.717) is 23.8 Å². The maximum Gasteiger partial charge on any atom is 0.161 e. The topological polar surface area (TPSA) is 51.0 Å². The zero-order valence-corrected chi connectivity index (χ0v) is 15.6. The molecule has 0 aliphatic heterocycles. The lowest BCUT2D eigenvalue weighted by Crippen LogP contribution is -2.03. The van der Waals surface area contributed by atoms with Crippen LogP contribution in [-0.4, -0.2) is 25.0 Å². The van der Waals surface area contributed by atoms with E-state index in [9.17, 15) is 5.11 Å². The number of ether oxygens (including phenoxy) is 2. The average Bonchev–Trinajstić information content (AvgIpc) is 2.69. The minimum Gasteiger partial charge on any atom is -0.506 e. The van der Waals surface area contributed by atoms with Crippen LogP contribution in [0.1, 0.15) is 16.7 Å². The van der Waals surface area contributed by atoms with E-state index in [-0.39, 0.29) is 5.75 Å². The maximum atomic E-state index is 9.95. The molecule has 0 bridgehead atoms. The van der Waals surface area contributed by atoms with E-state index in [4.69, 9.17) is 9.47 Å². The smallest absolute Gasteiger partial charge is 0.161 e. The van der Waals surface area contributed by atoms with Gasteiger partial charge in [-0.2, -0.15) is 0 Å². The van der Waals surface area contributed by atoms with Crippen LogP contribution in [0.25, 0.3) is 0 Å². The van der Waals surface area contributed by atoms with Crippen LogP contribution in [0.5, 0.6) is 17.2 Å². The van der Waals surface area contributed by atoms with Gasteiger partial charge in [0.15, 0.2) is 11.5 Å². The van der Waals surface area contributed by atoms with Crippen molar-refractivity contribution in [1.82, 2.24) is 0 Å². The highest BCUT2D eigenvalue weighted by molar-refractivity contribution is 5.83. The summed E-state index contributed by atoms with van der Waals surface area (Å²) in [4.78, 5) is 4.35. The largest absolute Gasteiger partial charge is 0.506 e. The van der Waals surface area contributed by atoms with Crippen molar-refractivity contribution in [2.45, 2.75) is 13.3 Å². The molecule has 0 fully saturated rings. The predicted molar refractivity (Wildman–Crippen MR) is 109 cm³/mol. The minimum atomic E-state index is 0.166. The Kier molecular flexibility index (Phi) is 6.10. The summed E-state index contributed by atoms with van der Waals surface area (Å²) in [6.07, 6.45) is 2.53. The molecule has 3 aromatic carbocycles. The lowest BCUT2D eigenvalue weighted by Gasteiger charge is -2.11. The number of aliphatic imine (C=N–C) groups is 1. The Morgan fingerprint density at radius 2 is 1.78 bits per heavy atom. The molecule has 0 aliphatic rings. The number of hydrogen-bond donors (Lipinski definition) is 1. The average molecular weight is 361 g/mol. The van der Waals surface area contributed by atoms with Gasteiger partial charge in [0.1, 0.15) is 11.4 Å². The van der Waals surface area contributed by atoms with Gasteiger partial charge in [0.05, 0.1) is 13.7 Å². The molecule has 27 heavy (non-hydrogen) atoms. The second-order valence-electron chi connectivity index (χ2n) is 6.24. The van der Waals surface area contributed by atoms with Gasteiger partial charge >= 0.3 is 0 Å². The number of phenols is 1. The molecule has 0 unspecified atom stereocenters. The molecule has 3 aromatic rings. The van der Waals surface area contributed by atoms with Crippen LogP contribution in [0.3, 0.4) is 0 Å². The molecule has 0 aliphatic carbocycles. The molecule has 4 heteroatoms. The molecule has 1 N–H and O–H groups in total. The van der Waals surface area contributed by atoms with Crippen LogP contribution in [-0.2, 0) is 6.42 Å². The molecule has 4 nitrogen and oxygen atoms in total. The Hall–Kier alpha value is -3.27. The van der Waals surface area contributed by atoms with Gasteiger partial charge in [0, 0.05) is 12.6 Å². The van der Waals surface area contributed by atoms with Gasteiger partial charge in [-0.25, -0.2) is 0 Å². The Bertz CT molecular complexity index is 920. The van der Waals surface area contributed by atoms with Crippen molar-refractivity contribution in [3.05, 3.63) is 83.4 Å². The molecule has 0 saturated carbocycles. The molecule has 0 radical (unpaired) electrons. The van der Waals surface area contributed by atoms with E-state index < -0.39 is 0 Å². The third-order valence-electron chi connectivity index (χ3n) is 4.16. The van der Waals surface area contributed by atoms with Gasteiger partial charge in [-0.15, -0.1) is 0 Å². The molecule has 0 amide bonds. The first-order valence-corrected chi connectivity index (χ1v) is 8.84. The zero-order chi connectivity index (χ0) is 19.1. The fourth-order valence-corrected chi connectivity index (χ4v) is 2.69. The number of benzene rings is 3. The summed E-state index contributed by atoms with van der Waals surface area (Å²) in [5.74, 6) is 1.52. The number of aromatic hydroxyl groups is 1. The number of hydrogen-bond acceptors (Lipinski definition) is 4. The predicted octanol–water partition coefficient (Wildman–Crippen LogP) is 5.08. The highest BCUT2D eigenvalue weighted by atomic mass is 16.5. The summed E-state index contributed by atoms with van der Waals surface area (Å²) in [5, 5.41) is 9.95. The van der Waals surface area contributed by atoms with Crippen molar-refractivity contribution in [3.63, 3.8) is 0 Å². The Morgan fingerprint density at radius 1 is 0.963 bits per heavy atom. The van der Waals surface area contributed by atoms with Crippen LogP contribution < -0.4 is 9.47 Å². The Labute approximate surface area is 159 Å². The number of nitrogens with zero attached hydrogens (tertiary/aromatic N) is 1. The molecule has 0 spiro atoms. The van der Waals surface area contributed by atoms with Crippen LogP contribution in [0.2, 0.25) is 0 Å². The van der Waals surface area contributed by atoms with E-state index in [1.165, 1.54) is 5.56 Å². The first-order chi connectivity index (χ1) is 13.2. The van der Waals surface area contributed by atoms with Crippen molar-refractivity contribution < 1.29 is 14.6 Å². The molecular formula is C23H23NO3. The summed E-state index contributed by atoms with van der Waals surface area (Å²) in [7, 11) is 1.62. The first kappa shape index (κ1) is 18.5. The highest BCUT2D eigenvalue weighted by Crippen LogP contribution is 2.29. The quantitative estimate of drug-likeness (QED) is 0.597. The van der Waals surface area contributed by atoms with E-state index in [1.54, 1.807) is 25.5 Å². The number of methoxy groups -OCH3 is 1. The second kappa shape index (κ2) is 8.90. The van der Waals surface area contributed by atoms with Crippen LogP contribution in [0.4, 0.5) is 5.69 Å². The van der Waals surface area contributed by atoms with E-state index in [0.717, 1.165) is 17.5 Å². The third-order valence-corrected chi connectivity index (χ3v) is 4.16. The molecule has 0 heterocycles. The SMILES string of the molecule is COc1cc(C=Nc2ccc(C)cc2O)ccc1OCCc1ccccc1. The summed E-state index contributed by atoms with van der Waals surface area (Å²) in [6, 6.07) is 21.3. The van der Waals surface area contributed by atoms with Gasteiger partial charge in [0.2, 0.25) is 0 Å². The normalized spacial score (nSPS) is 10.9. The summed E-state index contributed by atoms with van der Waals surface area (Å²) < 4.78 is 11.3. The van der Waals surface area contributed by atoms with Gasteiger partial charge in [0.25, 0.3) is 0 Å². The minimum absolute atomic E-state index is 0.166. The van der Waals surface area contributed by atoms with Crippen LogP contribution in [0.15, 0.2) is 71.7 Å². The van der Waals surface area contributed by atoms with Crippen molar-refractivity contribution >= 4 is 11.9 Å². The van der Waals surface area contributed by atoms with Crippen molar-refractivity contribution in [2.75, 3.05) is 13.7 Å². The Morgan fingerprint density at radius 3 is 2.52 bits per heavy atom. The first-order valence-electron chi connectivity index (χ1n) is 8.84. The lowest BCUT2D eigenvalue weighted by molar-refractivity contribution is 0.297. The molecule has 0 aromatic heterocycles. The van der Waals surface area contributed by atoms with Gasteiger partial charge in [-0.1, -0.05) is 36.4 Å². The van der Waals surface area contributed by atoms with E-state index >= 15 is 0 Å². The summed E-state index contributed by atoms with van der Waals surface area (Å²) in [5.41, 5.74) is 3.62. The maximum absolute atomic E-state index is 9.95. The molecular weight excluding hydrogens is 338 g/mol. The van der Waals surface area contributed by atoms with Crippen molar-refractivity contribution in [2.24, 2.45) is 4.99 Å². The van der Waals surface area contributed by atoms with Gasteiger partial charge in [-0.3, -0.25) is 4.99 Å². The highest BCUT2D eigenvalue weighted by Gasteiger charge is 2.06. The van der Waals surface area contributed by atoms with E-state index in [1.807, 2.05) is 49.4 Å². The Balaban J connectivity index is 1.67. The van der Waals surface area contributed by atoms with E-state index in [2.05, 4.69) is 17.1 Å².